The third-order valence-electron chi connectivity index (χ3n) is 5.28. The number of aromatic amines is 1. The van der Waals surface area contributed by atoms with Crippen molar-refractivity contribution in [3.05, 3.63) is 96.5 Å². The molecule has 0 saturated carbocycles. The van der Waals surface area contributed by atoms with Gasteiger partial charge in [0.25, 0.3) is 17.2 Å². The number of H-pyrrole nitrogens is 1. The van der Waals surface area contributed by atoms with Crippen LogP contribution in [0.4, 0.5) is 10.5 Å². The van der Waals surface area contributed by atoms with Crippen molar-refractivity contribution in [2.75, 3.05) is 0 Å². The molecule has 3 amide bonds. The lowest BCUT2D eigenvalue weighted by Crippen LogP contribution is -2.30. The van der Waals surface area contributed by atoms with Crippen LogP contribution in [-0.2, 0) is 17.8 Å². The second kappa shape index (κ2) is 9.36. The van der Waals surface area contributed by atoms with Gasteiger partial charge >= 0.3 is 6.03 Å². The van der Waals surface area contributed by atoms with Gasteiger partial charge in [-0.3, -0.25) is 29.7 Å². The number of non-ortho nitro benzene ring substituents is 1. The molecule has 4 rings (SSSR count). The van der Waals surface area contributed by atoms with Gasteiger partial charge < -0.3 is 5.32 Å². The summed E-state index contributed by atoms with van der Waals surface area (Å²) in [6.07, 6.45) is 2.64. The summed E-state index contributed by atoms with van der Waals surface area (Å²) in [5.41, 5.74) is 1.24. The Kier molecular flexibility index (Phi) is 6.33. The highest BCUT2D eigenvalue weighted by atomic mass is 35.5. The van der Waals surface area contributed by atoms with E-state index in [9.17, 15) is 24.5 Å². The Hall–Kier alpha value is -4.18. The number of hydrogen-bond acceptors (Lipinski definition) is 5. The molecule has 1 aromatic heterocycles. The molecule has 2 aromatic carbocycles. The van der Waals surface area contributed by atoms with Gasteiger partial charge in [-0.1, -0.05) is 43.1 Å². The topological polar surface area (TPSA) is 130 Å². The molecule has 0 radical (unpaired) electrons. The molecule has 1 aliphatic heterocycles. The predicted octanol–water partition coefficient (Wildman–Crippen LogP) is 3.77. The summed E-state index contributed by atoms with van der Waals surface area (Å²) < 4.78 is 1.34. The van der Waals surface area contributed by atoms with Crippen molar-refractivity contribution < 1.29 is 14.5 Å². The fourth-order valence-corrected chi connectivity index (χ4v) is 3.88. The van der Waals surface area contributed by atoms with Crippen LogP contribution in [0.5, 0.6) is 0 Å². The van der Waals surface area contributed by atoms with Crippen LogP contribution in [0.1, 0.15) is 30.2 Å². The van der Waals surface area contributed by atoms with Crippen LogP contribution < -0.4 is 10.9 Å². The fraction of sp³-hybridized carbons (Fsp3) is 0.174. The minimum absolute atomic E-state index is 0.0536. The first kappa shape index (κ1) is 23.0. The average Bonchev–Trinajstić information content (AvgIpc) is 3.25. The molecule has 0 bridgehead atoms. The number of aromatic nitrogens is 2. The standard InChI is InChI=1S/C23H20ClN5O5/c1-2-5-19-18(21(30)28(26-19)16-8-4-7-15(24)11-16)12-20-22(31)27(23(32)25-20)13-14-6-3-9-17(10-14)29(33)34/h3-4,6-12,26H,2,5,13H2,1H3,(H,25,32)/b20-12-. The van der Waals surface area contributed by atoms with Crippen molar-refractivity contribution in [3.8, 4) is 5.69 Å². The van der Waals surface area contributed by atoms with Crippen LogP contribution in [0.15, 0.2) is 59.0 Å². The lowest BCUT2D eigenvalue weighted by molar-refractivity contribution is -0.384. The van der Waals surface area contributed by atoms with Gasteiger partial charge in [-0.25, -0.2) is 9.48 Å². The SMILES string of the molecule is CCCc1[nH]n(-c2cccc(Cl)c2)c(=O)c1/C=C1\NC(=O)N(Cc2cccc([N+](=O)[O-])c2)C1=O. The summed E-state index contributed by atoms with van der Waals surface area (Å²) in [5.74, 6) is -0.631. The van der Waals surface area contributed by atoms with Crippen LogP contribution in [-0.4, -0.2) is 31.5 Å². The molecule has 11 heteroatoms. The molecule has 34 heavy (non-hydrogen) atoms. The number of benzene rings is 2. The van der Waals surface area contributed by atoms with Gasteiger partial charge in [0.15, 0.2) is 0 Å². The molecular formula is C23H20ClN5O5. The maximum Gasteiger partial charge on any atom is 0.329 e. The van der Waals surface area contributed by atoms with Crippen molar-refractivity contribution in [2.45, 2.75) is 26.3 Å². The molecule has 0 atom stereocenters. The lowest BCUT2D eigenvalue weighted by atomic mass is 10.1. The van der Waals surface area contributed by atoms with E-state index in [1.54, 1.807) is 30.3 Å². The second-order valence-electron chi connectivity index (χ2n) is 7.68. The second-order valence-corrected chi connectivity index (χ2v) is 8.12. The van der Waals surface area contributed by atoms with Crippen molar-refractivity contribution >= 4 is 35.3 Å². The van der Waals surface area contributed by atoms with E-state index >= 15 is 0 Å². The Balaban J connectivity index is 1.67. The van der Waals surface area contributed by atoms with Gasteiger partial charge in [-0.15, -0.1) is 0 Å². The molecule has 10 nitrogen and oxygen atoms in total. The predicted molar refractivity (Wildman–Crippen MR) is 126 cm³/mol. The molecule has 3 aromatic rings. The first-order chi connectivity index (χ1) is 16.3. The number of nitrogens with one attached hydrogen (secondary N) is 2. The smallest absolute Gasteiger partial charge is 0.303 e. The quantitative estimate of drug-likeness (QED) is 0.229. The summed E-state index contributed by atoms with van der Waals surface area (Å²) in [6, 6.07) is 11.8. The number of hydrogen-bond donors (Lipinski definition) is 2. The molecule has 1 fully saturated rings. The number of imide groups is 1. The first-order valence-corrected chi connectivity index (χ1v) is 10.8. The summed E-state index contributed by atoms with van der Waals surface area (Å²) in [5, 5.41) is 17.0. The van der Waals surface area contributed by atoms with Gasteiger partial charge in [0.2, 0.25) is 0 Å². The number of carbonyl (C=O) groups excluding carboxylic acids is 2. The average molecular weight is 482 g/mol. The number of nitro benzene ring substituents is 1. The van der Waals surface area contributed by atoms with Gasteiger partial charge in [0, 0.05) is 22.8 Å². The molecule has 174 valence electrons. The summed E-state index contributed by atoms with van der Waals surface area (Å²) in [6.45, 7) is 1.81. The van der Waals surface area contributed by atoms with Crippen LogP contribution >= 0.6 is 11.6 Å². The molecule has 2 heterocycles. The van der Waals surface area contributed by atoms with Crippen molar-refractivity contribution in [2.24, 2.45) is 0 Å². The van der Waals surface area contributed by atoms with Crippen LogP contribution in [0.2, 0.25) is 5.02 Å². The van der Waals surface area contributed by atoms with E-state index < -0.39 is 22.4 Å². The molecule has 1 aliphatic rings. The maximum atomic E-state index is 13.2. The van der Waals surface area contributed by atoms with E-state index in [-0.39, 0.29) is 23.5 Å². The van der Waals surface area contributed by atoms with Gasteiger partial charge in [0.1, 0.15) is 5.70 Å². The normalized spacial score (nSPS) is 14.6. The fourth-order valence-electron chi connectivity index (χ4n) is 3.69. The Labute approximate surface area is 198 Å². The van der Waals surface area contributed by atoms with E-state index in [2.05, 4.69) is 10.4 Å². The zero-order chi connectivity index (χ0) is 24.4. The van der Waals surface area contributed by atoms with E-state index in [1.165, 1.54) is 29.0 Å². The Bertz CT molecular complexity index is 1390. The molecule has 1 saturated heterocycles. The Morgan fingerprint density at radius 3 is 2.59 bits per heavy atom. The van der Waals surface area contributed by atoms with E-state index in [4.69, 9.17) is 11.6 Å². The zero-order valence-corrected chi connectivity index (χ0v) is 18.8. The molecule has 0 aliphatic carbocycles. The van der Waals surface area contributed by atoms with Gasteiger partial charge in [-0.2, -0.15) is 0 Å². The first-order valence-electron chi connectivity index (χ1n) is 10.5. The van der Waals surface area contributed by atoms with Gasteiger partial charge in [0.05, 0.1) is 22.7 Å². The number of amides is 3. The van der Waals surface area contributed by atoms with Crippen molar-refractivity contribution in [1.29, 1.82) is 0 Å². The largest absolute Gasteiger partial charge is 0.329 e. The third kappa shape index (κ3) is 4.48. The van der Waals surface area contributed by atoms with Crippen molar-refractivity contribution in [1.82, 2.24) is 20.0 Å². The minimum Gasteiger partial charge on any atom is -0.303 e. The molecule has 0 unspecified atom stereocenters. The van der Waals surface area contributed by atoms with Crippen molar-refractivity contribution in [3.63, 3.8) is 0 Å². The number of rotatable bonds is 7. The highest BCUT2D eigenvalue weighted by Gasteiger charge is 2.34. The molecule has 2 N–H and O–H groups in total. The highest BCUT2D eigenvalue weighted by molar-refractivity contribution is 6.30. The summed E-state index contributed by atoms with van der Waals surface area (Å²) in [4.78, 5) is 50.0. The van der Waals surface area contributed by atoms with Crippen LogP contribution in [0.25, 0.3) is 11.8 Å². The molecule has 0 spiro atoms. The number of nitrogens with zero attached hydrogens (tertiary/aromatic N) is 3. The highest BCUT2D eigenvalue weighted by Crippen LogP contribution is 2.21. The number of aryl methyl sites for hydroxylation is 1. The Morgan fingerprint density at radius 2 is 1.88 bits per heavy atom. The van der Waals surface area contributed by atoms with E-state index in [1.807, 2.05) is 6.92 Å². The van der Waals surface area contributed by atoms with E-state index in [0.717, 1.165) is 11.3 Å². The number of carbonyl (C=O) groups is 2. The number of urea groups is 1. The number of nitro groups is 1. The van der Waals surface area contributed by atoms with E-state index in [0.29, 0.717) is 28.4 Å². The summed E-state index contributed by atoms with van der Waals surface area (Å²) in [7, 11) is 0. The van der Waals surface area contributed by atoms with Crippen LogP contribution in [0.3, 0.4) is 0 Å². The monoisotopic (exact) mass is 481 g/mol. The lowest BCUT2D eigenvalue weighted by Gasteiger charge is -2.11. The minimum atomic E-state index is -0.675. The summed E-state index contributed by atoms with van der Waals surface area (Å²) >= 11 is 6.06. The Morgan fingerprint density at radius 1 is 1.12 bits per heavy atom. The third-order valence-corrected chi connectivity index (χ3v) is 5.52. The molecular weight excluding hydrogens is 462 g/mol. The maximum absolute atomic E-state index is 13.2. The van der Waals surface area contributed by atoms with Crippen LogP contribution in [0, 0.1) is 10.1 Å². The zero-order valence-electron chi connectivity index (χ0n) is 18.1. The number of halogens is 1. The van der Waals surface area contributed by atoms with Gasteiger partial charge in [-0.05, 0) is 36.3 Å².